The first kappa shape index (κ1) is 23.0. The minimum atomic E-state index is -3.05. The van der Waals surface area contributed by atoms with Crippen LogP contribution in [0.1, 0.15) is 53.0 Å². The molecule has 0 bridgehead atoms. The lowest BCUT2D eigenvalue weighted by molar-refractivity contribution is 0.0455. The fourth-order valence-corrected chi connectivity index (χ4v) is 6.84. The Labute approximate surface area is 206 Å². The van der Waals surface area contributed by atoms with Crippen LogP contribution < -0.4 is 0 Å². The predicted molar refractivity (Wildman–Crippen MR) is 134 cm³/mol. The summed E-state index contributed by atoms with van der Waals surface area (Å²) in [4.78, 5) is 32.8. The lowest BCUT2D eigenvalue weighted by atomic mass is 9.91. The van der Waals surface area contributed by atoms with E-state index in [4.69, 9.17) is 0 Å². The van der Waals surface area contributed by atoms with Crippen molar-refractivity contribution < 1.29 is 18.0 Å². The number of sulfone groups is 1. The Morgan fingerprint density at radius 3 is 2.14 bits per heavy atom. The quantitative estimate of drug-likeness (QED) is 0.632. The third-order valence-electron chi connectivity index (χ3n) is 8.33. The van der Waals surface area contributed by atoms with Crippen LogP contribution in [0, 0.1) is 5.92 Å². The molecule has 0 radical (unpaired) electrons. The summed E-state index contributed by atoms with van der Waals surface area (Å²) >= 11 is 0. The van der Waals surface area contributed by atoms with Gasteiger partial charge in [0.25, 0.3) is 11.8 Å². The highest BCUT2D eigenvalue weighted by atomic mass is 32.2. The number of amides is 2. The Morgan fingerprint density at radius 2 is 1.51 bits per heavy atom. The molecule has 1 aromatic carbocycles. The van der Waals surface area contributed by atoms with Gasteiger partial charge in [-0.15, -0.1) is 0 Å². The first-order valence-electron chi connectivity index (χ1n) is 13.0. The standard InChI is InChI=1S/C26H34N4O4S/c31-25(28-10-8-27(9-11-28)22-2-1-3-22)20-6-7-23-21(16-20)17-24(30(23)18-19-4-5-19)26(32)29-12-14-35(33,34)15-13-29/h6-7,16-17,19,22H,1-5,8-15,18H2. The molecule has 2 saturated heterocycles. The SMILES string of the molecule is O=C(c1ccc2c(c1)cc(C(=O)N1CCS(=O)(=O)CC1)n2CC1CC1)N1CCN(C2CCC2)CC1. The highest BCUT2D eigenvalue weighted by Crippen LogP contribution is 2.34. The second-order valence-corrected chi connectivity index (χ2v) is 13.0. The zero-order chi connectivity index (χ0) is 24.2. The number of hydrogen-bond donors (Lipinski definition) is 0. The van der Waals surface area contributed by atoms with Crippen molar-refractivity contribution in [2.24, 2.45) is 5.92 Å². The van der Waals surface area contributed by atoms with Crippen LogP contribution in [0.25, 0.3) is 10.9 Å². The van der Waals surface area contributed by atoms with Gasteiger partial charge in [0.2, 0.25) is 0 Å². The van der Waals surface area contributed by atoms with Gasteiger partial charge in [-0.1, -0.05) is 6.42 Å². The topological polar surface area (TPSA) is 82.9 Å². The fourth-order valence-electron chi connectivity index (χ4n) is 5.64. The van der Waals surface area contributed by atoms with Gasteiger partial charge in [-0.25, -0.2) is 8.42 Å². The average Bonchev–Trinajstić information content (AvgIpc) is 3.57. The summed E-state index contributed by atoms with van der Waals surface area (Å²) in [6.07, 6.45) is 6.23. The molecule has 2 saturated carbocycles. The molecule has 0 unspecified atom stereocenters. The maximum absolute atomic E-state index is 13.4. The molecule has 9 heteroatoms. The molecule has 6 rings (SSSR count). The number of fused-ring (bicyclic) bond motifs is 1. The molecule has 2 aromatic rings. The number of nitrogens with zero attached hydrogens (tertiary/aromatic N) is 4. The van der Waals surface area contributed by atoms with E-state index < -0.39 is 9.84 Å². The summed E-state index contributed by atoms with van der Waals surface area (Å²) in [7, 11) is -3.05. The van der Waals surface area contributed by atoms with Crippen molar-refractivity contribution in [1.82, 2.24) is 19.3 Å². The summed E-state index contributed by atoms with van der Waals surface area (Å²) < 4.78 is 25.8. The van der Waals surface area contributed by atoms with E-state index in [9.17, 15) is 18.0 Å². The van der Waals surface area contributed by atoms with Crippen LogP contribution in [0.2, 0.25) is 0 Å². The van der Waals surface area contributed by atoms with Gasteiger partial charge in [0.15, 0.2) is 9.84 Å². The monoisotopic (exact) mass is 498 g/mol. The molecule has 3 heterocycles. The zero-order valence-electron chi connectivity index (χ0n) is 20.2. The van der Waals surface area contributed by atoms with Crippen LogP contribution in [-0.2, 0) is 16.4 Å². The molecular formula is C26H34N4O4S. The van der Waals surface area contributed by atoms with Crippen molar-refractivity contribution in [3.05, 3.63) is 35.5 Å². The van der Waals surface area contributed by atoms with Crippen molar-refractivity contribution in [2.75, 3.05) is 50.8 Å². The largest absolute Gasteiger partial charge is 0.336 e. The highest BCUT2D eigenvalue weighted by Gasteiger charge is 2.32. The van der Waals surface area contributed by atoms with Gasteiger partial charge in [-0.2, -0.15) is 0 Å². The minimum absolute atomic E-state index is 0.0221. The smallest absolute Gasteiger partial charge is 0.270 e. The van der Waals surface area contributed by atoms with Crippen molar-refractivity contribution in [2.45, 2.75) is 44.7 Å². The van der Waals surface area contributed by atoms with E-state index in [0.29, 0.717) is 23.2 Å². The number of carbonyl (C=O) groups excluding carboxylic acids is 2. The molecule has 0 spiro atoms. The number of hydrogen-bond acceptors (Lipinski definition) is 5. The lowest BCUT2D eigenvalue weighted by Crippen LogP contribution is -2.53. The Kier molecular flexibility index (Phi) is 5.87. The van der Waals surface area contributed by atoms with Crippen LogP contribution in [0.3, 0.4) is 0 Å². The molecule has 0 atom stereocenters. The molecule has 35 heavy (non-hydrogen) atoms. The second-order valence-electron chi connectivity index (χ2n) is 10.7. The molecule has 4 fully saturated rings. The van der Waals surface area contributed by atoms with Crippen molar-refractivity contribution in [1.29, 1.82) is 0 Å². The summed E-state index contributed by atoms with van der Waals surface area (Å²) in [5.41, 5.74) is 2.24. The van der Waals surface area contributed by atoms with Crippen LogP contribution in [-0.4, -0.2) is 96.3 Å². The normalized spacial score (nSPS) is 23.4. The molecule has 2 aliphatic carbocycles. The summed E-state index contributed by atoms with van der Waals surface area (Å²) in [5.74, 6) is 0.566. The van der Waals surface area contributed by atoms with Gasteiger partial charge in [0.1, 0.15) is 5.69 Å². The Balaban J connectivity index is 1.23. The van der Waals surface area contributed by atoms with Crippen LogP contribution in [0.4, 0.5) is 0 Å². The summed E-state index contributed by atoms with van der Waals surface area (Å²) in [6.45, 7) is 4.68. The maximum Gasteiger partial charge on any atom is 0.270 e. The highest BCUT2D eigenvalue weighted by molar-refractivity contribution is 7.91. The van der Waals surface area contributed by atoms with E-state index >= 15 is 0 Å². The van der Waals surface area contributed by atoms with E-state index in [1.807, 2.05) is 29.2 Å². The number of rotatable bonds is 5. The predicted octanol–water partition coefficient (Wildman–Crippen LogP) is 2.23. The molecule has 0 N–H and O–H groups in total. The van der Waals surface area contributed by atoms with Gasteiger partial charge >= 0.3 is 0 Å². The molecule has 2 amide bonds. The van der Waals surface area contributed by atoms with Gasteiger partial charge in [0.05, 0.1) is 11.5 Å². The van der Waals surface area contributed by atoms with E-state index in [0.717, 1.165) is 43.6 Å². The van der Waals surface area contributed by atoms with E-state index in [1.54, 1.807) is 4.90 Å². The van der Waals surface area contributed by atoms with Gasteiger partial charge < -0.3 is 14.4 Å². The molecular weight excluding hydrogens is 464 g/mol. The Morgan fingerprint density at radius 1 is 0.829 bits per heavy atom. The zero-order valence-corrected chi connectivity index (χ0v) is 21.0. The van der Waals surface area contributed by atoms with Crippen LogP contribution >= 0.6 is 0 Å². The molecule has 8 nitrogen and oxygen atoms in total. The van der Waals surface area contributed by atoms with Gasteiger partial charge in [0, 0.05) is 68.3 Å². The summed E-state index contributed by atoms with van der Waals surface area (Å²) in [5, 5.41) is 0.901. The second kappa shape index (κ2) is 8.92. The van der Waals surface area contributed by atoms with Crippen LogP contribution in [0.15, 0.2) is 24.3 Å². The first-order chi connectivity index (χ1) is 16.9. The Hall–Kier alpha value is -2.39. The summed E-state index contributed by atoms with van der Waals surface area (Å²) in [6, 6.07) is 8.41. The lowest BCUT2D eigenvalue weighted by Gasteiger charge is -2.42. The van der Waals surface area contributed by atoms with Crippen molar-refractivity contribution >= 4 is 32.6 Å². The first-order valence-corrected chi connectivity index (χ1v) is 14.9. The minimum Gasteiger partial charge on any atom is -0.336 e. The molecule has 1 aromatic heterocycles. The number of piperazine rings is 1. The average molecular weight is 499 g/mol. The van der Waals surface area contributed by atoms with E-state index in [-0.39, 0.29) is 36.4 Å². The number of aromatic nitrogens is 1. The molecule has 188 valence electrons. The third-order valence-corrected chi connectivity index (χ3v) is 9.94. The van der Waals surface area contributed by atoms with Gasteiger partial charge in [-0.05, 0) is 55.9 Å². The van der Waals surface area contributed by atoms with Gasteiger partial charge in [-0.3, -0.25) is 14.5 Å². The van der Waals surface area contributed by atoms with Crippen LogP contribution in [0.5, 0.6) is 0 Å². The Bertz CT molecular complexity index is 1240. The molecule has 2 aliphatic heterocycles. The van der Waals surface area contributed by atoms with E-state index in [1.165, 1.54) is 32.1 Å². The third kappa shape index (κ3) is 4.60. The van der Waals surface area contributed by atoms with E-state index in [2.05, 4.69) is 9.47 Å². The van der Waals surface area contributed by atoms with Crippen molar-refractivity contribution in [3.8, 4) is 0 Å². The maximum atomic E-state index is 13.4. The fraction of sp³-hybridized carbons (Fsp3) is 0.615. The number of carbonyl (C=O) groups is 2. The molecule has 4 aliphatic rings. The number of benzene rings is 1. The van der Waals surface area contributed by atoms with Crippen molar-refractivity contribution in [3.63, 3.8) is 0 Å².